The zero-order valence-corrected chi connectivity index (χ0v) is 22.4. The molecule has 0 saturated heterocycles. The Labute approximate surface area is 211 Å². The zero-order valence-electron chi connectivity index (χ0n) is 22.4. The van der Waals surface area contributed by atoms with Gasteiger partial charge >= 0.3 is 6.09 Å². The molecule has 1 aromatic carbocycles. The highest BCUT2D eigenvalue weighted by Crippen LogP contribution is 2.28. The van der Waals surface area contributed by atoms with Gasteiger partial charge in [0, 0.05) is 18.2 Å². The highest BCUT2D eigenvalue weighted by atomic mass is 16.6. The van der Waals surface area contributed by atoms with E-state index in [-0.39, 0.29) is 24.4 Å². The van der Waals surface area contributed by atoms with E-state index in [1.165, 1.54) is 0 Å². The fourth-order valence-corrected chi connectivity index (χ4v) is 3.68. The first kappa shape index (κ1) is 30.0. The third kappa shape index (κ3) is 10.4. The number of carbonyl (C=O) groups is 3. The minimum absolute atomic E-state index is 0.266. The van der Waals surface area contributed by atoms with Crippen LogP contribution < -0.4 is 10.6 Å². The van der Waals surface area contributed by atoms with E-state index in [2.05, 4.69) is 30.4 Å². The average molecular weight is 486 g/mol. The Bertz CT molecular complexity index is 883. The number of hydrogen-bond donors (Lipinski definition) is 2. The molecule has 0 heterocycles. The summed E-state index contributed by atoms with van der Waals surface area (Å²) in [6, 6.07) is 5.98. The summed E-state index contributed by atoms with van der Waals surface area (Å²) in [7, 11) is 0. The van der Waals surface area contributed by atoms with E-state index in [1.807, 2.05) is 26.0 Å². The molecule has 7 heteroatoms. The molecule has 35 heavy (non-hydrogen) atoms. The van der Waals surface area contributed by atoms with E-state index >= 15 is 0 Å². The summed E-state index contributed by atoms with van der Waals surface area (Å²) in [6.45, 7) is 13.7. The third-order valence-corrected chi connectivity index (χ3v) is 5.47. The second-order valence-corrected chi connectivity index (χ2v) is 10.3. The molecule has 1 rings (SSSR count). The van der Waals surface area contributed by atoms with Crippen LogP contribution in [0.25, 0.3) is 0 Å². The molecule has 0 aromatic heterocycles. The minimum Gasteiger partial charge on any atom is -0.444 e. The van der Waals surface area contributed by atoms with Gasteiger partial charge in [-0.3, -0.25) is 9.59 Å². The van der Waals surface area contributed by atoms with Gasteiger partial charge in [-0.15, -0.1) is 6.42 Å². The van der Waals surface area contributed by atoms with Gasteiger partial charge in [0.2, 0.25) is 11.8 Å². The summed E-state index contributed by atoms with van der Waals surface area (Å²) in [5, 5.41) is 5.51. The molecule has 194 valence electrons. The van der Waals surface area contributed by atoms with Crippen molar-refractivity contribution in [3.8, 4) is 12.3 Å². The number of ether oxygens (including phenoxy) is 1. The van der Waals surface area contributed by atoms with Crippen molar-refractivity contribution in [2.24, 2.45) is 5.92 Å². The van der Waals surface area contributed by atoms with Crippen molar-refractivity contribution >= 4 is 17.9 Å². The van der Waals surface area contributed by atoms with Crippen molar-refractivity contribution in [1.82, 2.24) is 15.5 Å². The molecule has 0 fully saturated rings. The maximum atomic E-state index is 13.6. The molecule has 0 radical (unpaired) electrons. The van der Waals surface area contributed by atoms with Crippen molar-refractivity contribution in [2.45, 2.75) is 91.8 Å². The summed E-state index contributed by atoms with van der Waals surface area (Å²) in [5.41, 5.74) is 0.452. The quantitative estimate of drug-likeness (QED) is 0.329. The largest absolute Gasteiger partial charge is 0.444 e. The van der Waals surface area contributed by atoms with Crippen LogP contribution in [-0.2, 0) is 14.3 Å². The number of nitrogens with one attached hydrogen (secondary N) is 2. The fourth-order valence-electron chi connectivity index (χ4n) is 3.68. The maximum absolute atomic E-state index is 13.6. The Balaban J connectivity index is 3.38. The Kier molecular flexibility index (Phi) is 12.4. The van der Waals surface area contributed by atoms with E-state index in [9.17, 15) is 14.4 Å². The Hall–Kier alpha value is -3.01. The number of terminal acetylenes is 1. The van der Waals surface area contributed by atoms with Gasteiger partial charge < -0.3 is 20.3 Å². The highest BCUT2D eigenvalue weighted by molar-refractivity contribution is 5.91. The number of benzene rings is 1. The van der Waals surface area contributed by atoms with Gasteiger partial charge in [-0.1, -0.05) is 51.3 Å². The summed E-state index contributed by atoms with van der Waals surface area (Å²) in [4.78, 5) is 40.9. The predicted octanol–water partition coefficient (Wildman–Crippen LogP) is 4.80. The molecule has 0 spiro atoms. The molecule has 2 unspecified atom stereocenters. The van der Waals surface area contributed by atoms with Crippen LogP contribution in [0.5, 0.6) is 0 Å². The number of hydrogen-bond acceptors (Lipinski definition) is 4. The van der Waals surface area contributed by atoms with E-state index in [0.29, 0.717) is 30.0 Å². The summed E-state index contributed by atoms with van der Waals surface area (Å²) < 4.78 is 5.28. The van der Waals surface area contributed by atoms with Crippen LogP contribution in [0, 0.1) is 18.3 Å². The smallest absolute Gasteiger partial charge is 0.408 e. The van der Waals surface area contributed by atoms with Gasteiger partial charge in [0.05, 0.1) is 0 Å². The van der Waals surface area contributed by atoms with Crippen LogP contribution in [0.2, 0.25) is 0 Å². The van der Waals surface area contributed by atoms with Crippen LogP contribution in [-0.4, -0.2) is 47.5 Å². The van der Waals surface area contributed by atoms with Crippen LogP contribution in [0.15, 0.2) is 24.3 Å². The number of alkyl carbamates (subject to hydrolysis) is 1. The van der Waals surface area contributed by atoms with Crippen LogP contribution in [0.1, 0.15) is 91.3 Å². The van der Waals surface area contributed by atoms with Crippen LogP contribution >= 0.6 is 0 Å². The van der Waals surface area contributed by atoms with E-state index in [1.54, 1.807) is 37.8 Å². The lowest BCUT2D eigenvalue weighted by atomic mass is 9.95. The predicted molar refractivity (Wildman–Crippen MR) is 140 cm³/mol. The summed E-state index contributed by atoms with van der Waals surface area (Å²) in [6.07, 6.45) is 8.41. The molecule has 3 amide bonds. The van der Waals surface area contributed by atoms with Crippen LogP contribution in [0.4, 0.5) is 4.79 Å². The van der Waals surface area contributed by atoms with Gasteiger partial charge in [-0.2, -0.15) is 0 Å². The first-order chi connectivity index (χ1) is 16.4. The minimum atomic E-state index is -0.922. The van der Waals surface area contributed by atoms with Crippen LogP contribution in [0.3, 0.4) is 0 Å². The molecular weight excluding hydrogens is 442 g/mol. The standard InChI is InChI=1S/C28H43N3O4/c1-9-11-18-29-26(33)25(23-15-13-12-14-22(23)10-2)31(21(5)17-16-20(3)4)24(32)19-30-27(34)35-28(6,7)8/h2,12-15,20-21,25H,9,11,16-19H2,1,3-8H3,(H,29,33)(H,30,34). The number of amides is 3. The third-order valence-electron chi connectivity index (χ3n) is 5.47. The first-order valence-electron chi connectivity index (χ1n) is 12.5. The molecule has 7 nitrogen and oxygen atoms in total. The molecular formula is C28H43N3O4. The summed E-state index contributed by atoms with van der Waals surface area (Å²) in [5.74, 6) is 2.42. The Morgan fingerprint density at radius 3 is 2.31 bits per heavy atom. The SMILES string of the molecule is C#Cc1ccccc1C(C(=O)NCCCC)N(C(=O)CNC(=O)OC(C)(C)C)C(C)CCC(C)C. The van der Waals surface area contributed by atoms with Gasteiger partial charge in [-0.25, -0.2) is 4.79 Å². The second-order valence-electron chi connectivity index (χ2n) is 10.3. The fraction of sp³-hybridized carbons (Fsp3) is 0.607. The number of rotatable bonds is 12. The second kappa shape index (κ2) is 14.4. The van der Waals surface area contributed by atoms with Crippen molar-refractivity contribution in [3.63, 3.8) is 0 Å². The molecule has 0 aliphatic carbocycles. The topological polar surface area (TPSA) is 87.7 Å². The summed E-state index contributed by atoms with van der Waals surface area (Å²) >= 11 is 0. The van der Waals surface area contributed by atoms with Crippen molar-refractivity contribution < 1.29 is 19.1 Å². The van der Waals surface area contributed by atoms with E-state index < -0.39 is 17.7 Å². The molecule has 1 aromatic rings. The molecule has 0 saturated carbocycles. The monoisotopic (exact) mass is 485 g/mol. The maximum Gasteiger partial charge on any atom is 0.408 e. The van der Waals surface area contributed by atoms with Crippen molar-refractivity contribution in [1.29, 1.82) is 0 Å². The Morgan fingerprint density at radius 1 is 1.09 bits per heavy atom. The highest BCUT2D eigenvalue weighted by Gasteiger charge is 2.36. The van der Waals surface area contributed by atoms with Gasteiger partial charge in [0.25, 0.3) is 0 Å². The normalized spacial score (nSPS) is 12.9. The molecule has 2 atom stereocenters. The van der Waals surface area contributed by atoms with Crippen molar-refractivity contribution in [3.05, 3.63) is 35.4 Å². The average Bonchev–Trinajstić information content (AvgIpc) is 2.78. The van der Waals surface area contributed by atoms with E-state index in [0.717, 1.165) is 19.3 Å². The number of unbranched alkanes of at least 4 members (excludes halogenated alkanes) is 1. The molecule has 0 bridgehead atoms. The number of nitrogens with zero attached hydrogens (tertiary/aromatic N) is 1. The van der Waals surface area contributed by atoms with Gasteiger partial charge in [0.15, 0.2) is 0 Å². The van der Waals surface area contributed by atoms with Crippen molar-refractivity contribution in [2.75, 3.05) is 13.1 Å². The lowest BCUT2D eigenvalue weighted by molar-refractivity contribution is -0.142. The van der Waals surface area contributed by atoms with Gasteiger partial charge in [0.1, 0.15) is 18.2 Å². The zero-order chi connectivity index (χ0) is 26.6. The lowest BCUT2D eigenvalue weighted by Crippen LogP contribution is -2.51. The van der Waals surface area contributed by atoms with E-state index in [4.69, 9.17) is 11.2 Å². The van der Waals surface area contributed by atoms with Gasteiger partial charge in [-0.05, 0) is 64.5 Å². The first-order valence-corrected chi connectivity index (χ1v) is 12.5. The molecule has 0 aliphatic rings. The Morgan fingerprint density at radius 2 is 1.74 bits per heavy atom. The number of carbonyl (C=O) groups excluding carboxylic acids is 3. The molecule has 0 aliphatic heterocycles. The molecule has 2 N–H and O–H groups in total. The lowest BCUT2D eigenvalue weighted by Gasteiger charge is -2.37.